The number of halogens is 1. The smallest absolute Gasteiger partial charge is 0.317 e. The Balaban J connectivity index is 2.65. The average Bonchev–Trinajstić information content (AvgIpc) is 2.39. The lowest BCUT2D eigenvalue weighted by Gasteiger charge is -2.26. The van der Waals surface area contributed by atoms with Gasteiger partial charge in [-0.25, -0.2) is 4.39 Å². The highest BCUT2D eigenvalue weighted by molar-refractivity contribution is 5.79. The van der Waals surface area contributed by atoms with Crippen molar-refractivity contribution in [1.82, 2.24) is 9.80 Å². The highest BCUT2D eigenvalue weighted by Crippen LogP contribution is 2.09. The standard InChI is InChI=1S/C15H21FN2O3/c1-11(2)18(10-15(20)21)9-14(19)17(3)8-12-6-4-5-7-13(12)16/h4-7,11H,8-10H2,1-3H3,(H,20,21). The lowest BCUT2D eigenvalue weighted by atomic mass is 10.2. The average molecular weight is 296 g/mol. The molecule has 1 N–H and O–H groups in total. The Morgan fingerprint density at radius 1 is 1.24 bits per heavy atom. The number of carboxylic acids is 1. The van der Waals surface area contributed by atoms with Crippen LogP contribution >= 0.6 is 0 Å². The largest absolute Gasteiger partial charge is 0.480 e. The van der Waals surface area contributed by atoms with Crippen LogP contribution in [0.4, 0.5) is 4.39 Å². The second kappa shape index (κ2) is 7.73. The van der Waals surface area contributed by atoms with Gasteiger partial charge < -0.3 is 10.0 Å². The second-order valence-electron chi connectivity index (χ2n) is 5.23. The molecule has 5 nitrogen and oxygen atoms in total. The van der Waals surface area contributed by atoms with Crippen molar-refractivity contribution >= 4 is 11.9 Å². The van der Waals surface area contributed by atoms with Gasteiger partial charge in [-0.15, -0.1) is 0 Å². The van der Waals surface area contributed by atoms with E-state index in [2.05, 4.69) is 0 Å². The lowest BCUT2D eigenvalue weighted by Crippen LogP contribution is -2.43. The van der Waals surface area contributed by atoms with E-state index < -0.39 is 5.97 Å². The molecular weight excluding hydrogens is 275 g/mol. The first kappa shape index (κ1) is 17.1. The molecule has 6 heteroatoms. The minimum Gasteiger partial charge on any atom is -0.480 e. The van der Waals surface area contributed by atoms with Crippen LogP contribution in [0, 0.1) is 5.82 Å². The highest BCUT2D eigenvalue weighted by Gasteiger charge is 2.19. The van der Waals surface area contributed by atoms with Crippen LogP contribution in [-0.4, -0.2) is 53.0 Å². The van der Waals surface area contributed by atoms with Gasteiger partial charge in [0.25, 0.3) is 0 Å². The zero-order chi connectivity index (χ0) is 16.0. The Labute approximate surface area is 124 Å². The Morgan fingerprint density at radius 2 is 1.86 bits per heavy atom. The molecule has 0 saturated carbocycles. The summed E-state index contributed by atoms with van der Waals surface area (Å²) in [6, 6.07) is 6.21. The molecule has 0 unspecified atom stereocenters. The molecule has 0 saturated heterocycles. The third-order valence-corrected chi connectivity index (χ3v) is 3.20. The molecule has 21 heavy (non-hydrogen) atoms. The summed E-state index contributed by atoms with van der Waals surface area (Å²) in [5.74, 6) is -1.58. The first-order valence-electron chi connectivity index (χ1n) is 6.74. The molecule has 0 radical (unpaired) electrons. The van der Waals surface area contributed by atoms with E-state index in [1.165, 1.54) is 11.0 Å². The first-order valence-corrected chi connectivity index (χ1v) is 6.74. The summed E-state index contributed by atoms with van der Waals surface area (Å²) in [6.07, 6.45) is 0. The molecule has 1 aromatic carbocycles. The fourth-order valence-electron chi connectivity index (χ4n) is 1.86. The van der Waals surface area contributed by atoms with Crippen molar-refractivity contribution in [3.8, 4) is 0 Å². The molecular formula is C15H21FN2O3. The van der Waals surface area contributed by atoms with E-state index in [0.717, 1.165) is 0 Å². The number of carbonyl (C=O) groups is 2. The maximum Gasteiger partial charge on any atom is 0.317 e. The van der Waals surface area contributed by atoms with Gasteiger partial charge in [-0.05, 0) is 19.9 Å². The van der Waals surface area contributed by atoms with Crippen molar-refractivity contribution in [2.45, 2.75) is 26.4 Å². The Bertz CT molecular complexity index is 505. The highest BCUT2D eigenvalue weighted by atomic mass is 19.1. The fraction of sp³-hybridized carbons (Fsp3) is 0.467. The van der Waals surface area contributed by atoms with Crippen molar-refractivity contribution in [1.29, 1.82) is 0 Å². The number of carbonyl (C=O) groups excluding carboxylic acids is 1. The van der Waals surface area contributed by atoms with E-state index in [0.29, 0.717) is 5.56 Å². The Morgan fingerprint density at radius 3 is 2.38 bits per heavy atom. The third kappa shape index (κ3) is 5.51. The minimum absolute atomic E-state index is 0.00504. The third-order valence-electron chi connectivity index (χ3n) is 3.20. The van der Waals surface area contributed by atoms with Crippen LogP contribution in [0.3, 0.4) is 0 Å². The molecule has 0 aromatic heterocycles. The lowest BCUT2D eigenvalue weighted by molar-refractivity contribution is -0.140. The number of hydrogen-bond donors (Lipinski definition) is 1. The number of aliphatic carboxylic acids is 1. The summed E-state index contributed by atoms with van der Waals surface area (Å²) in [7, 11) is 1.58. The fourth-order valence-corrected chi connectivity index (χ4v) is 1.86. The number of carboxylic acid groups (broad SMARTS) is 1. The number of amides is 1. The van der Waals surface area contributed by atoms with Gasteiger partial charge in [0.2, 0.25) is 5.91 Å². The molecule has 0 spiro atoms. The van der Waals surface area contributed by atoms with Gasteiger partial charge in [-0.3, -0.25) is 14.5 Å². The van der Waals surface area contributed by atoms with Gasteiger partial charge in [0.15, 0.2) is 0 Å². The summed E-state index contributed by atoms with van der Waals surface area (Å²) in [4.78, 5) is 25.9. The van der Waals surface area contributed by atoms with Crippen LogP contribution in [-0.2, 0) is 16.1 Å². The summed E-state index contributed by atoms with van der Waals surface area (Å²) < 4.78 is 13.6. The molecule has 1 amide bonds. The molecule has 0 heterocycles. The maximum absolute atomic E-state index is 13.6. The number of benzene rings is 1. The maximum atomic E-state index is 13.6. The van der Waals surface area contributed by atoms with Crippen molar-refractivity contribution < 1.29 is 19.1 Å². The zero-order valence-corrected chi connectivity index (χ0v) is 12.5. The number of rotatable bonds is 7. The van der Waals surface area contributed by atoms with E-state index >= 15 is 0 Å². The number of nitrogens with zero attached hydrogens (tertiary/aromatic N) is 2. The molecule has 0 atom stereocenters. The van der Waals surface area contributed by atoms with E-state index in [9.17, 15) is 14.0 Å². The molecule has 0 bridgehead atoms. The van der Waals surface area contributed by atoms with Crippen molar-refractivity contribution in [3.63, 3.8) is 0 Å². The minimum atomic E-state index is -0.978. The number of likely N-dealkylation sites (N-methyl/N-ethyl adjacent to an activating group) is 1. The number of hydrogen-bond acceptors (Lipinski definition) is 3. The van der Waals surface area contributed by atoms with Gasteiger partial charge in [0.1, 0.15) is 5.82 Å². The quantitative estimate of drug-likeness (QED) is 0.830. The molecule has 0 aliphatic heterocycles. The van der Waals surface area contributed by atoms with Gasteiger partial charge in [-0.1, -0.05) is 18.2 Å². The summed E-state index contributed by atoms with van der Waals surface area (Å²) in [5.41, 5.74) is 0.433. The predicted molar refractivity (Wildman–Crippen MR) is 77.2 cm³/mol. The molecule has 0 aliphatic carbocycles. The molecule has 116 valence electrons. The Hall–Kier alpha value is -1.95. The second-order valence-corrected chi connectivity index (χ2v) is 5.23. The predicted octanol–water partition coefficient (Wildman–Crippen LogP) is 1.58. The normalized spacial score (nSPS) is 11.0. The van der Waals surface area contributed by atoms with E-state index in [1.54, 1.807) is 30.1 Å². The van der Waals surface area contributed by atoms with E-state index in [1.807, 2.05) is 13.8 Å². The summed E-state index contributed by atoms with van der Waals surface area (Å²) in [6.45, 7) is 3.61. The van der Waals surface area contributed by atoms with Crippen LogP contribution in [0.5, 0.6) is 0 Å². The van der Waals surface area contributed by atoms with Crippen LogP contribution < -0.4 is 0 Å². The molecule has 1 aromatic rings. The van der Waals surface area contributed by atoms with Gasteiger partial charge in [0.05, 0.1) is 13.1 Å². The van der Waals surface area contributed by atoms with Crippen LogP contribution in [0.15, 0.2) is 24.3 Å². The molecule has 1 rings (SSSR count). The van der Waals surface area contributed by atoms with Crippen molar-refractivity contribution in [2.75, 3.05) is 20.1 Å². The van der Waals surface area contributed by atoms with E-state index in [-0.39, 0.29) is 37.4 Å². The van der Waals surface area contributed by atoms with E-state index in [4.69, 9.17) is 5.11 Å². The SMILES string of the molecule is CC(C)N(CC(=O)O)CC(=O)N(C)Cc1ccccc1F. The van der Waals surface area contributed by atoms with Gasteiger partial charge in [0, 0.05) is 25.2 Å². The monoisotopic (exact) mass is 296 g/mol. The van der Waals surface area contributed by atoms with Crippen molar-refractivity contribution in [2.24, 2.45) is 0 Å². The zero-order valence-electron chi connectivity index (χ0n) is 12.5. The van der Waals surface area contributed by atoms with Gasteiger partial charge >= 0.3 is 5.97 Å². The van der Waals surface area contributed by atoms with Crippen LogP contribution in [0.25, 0.3) is 0 Å². The Kier molecular flexibility index (Phi) is 6.30. The van der Waals surface area contributed by atoms with Crippen LogP contribution in [0.1, 0.15) is 19.4 Å². The van der Waals surface area contributed by atoms with Gasteiger partial charge in [-0.2, -0.15) is 0 Å². The summed E-state index contributed by atoms with van der Waals surface area (Å²) in [5, 5.41) is 8.84. The summed E-state index contributed by atoms with van der Waals surface area (Å²) >= 11 is 0. The van der Waals surface area contributed by atoms with Crippen LogP contribution in [0.2, 0.25) is 0 Å². The molecule has 0 fully saturated rings. The first-order chi connectivity index (χ1) is 9.81. The molecule has 0 aliphatic rings. The topological polar surface area (TPSA) is 60.9 Å². The van der Waals surface area contributed by atoms with Crippen molar-refractivity contribution in [3.05, 3.63) is 35.6 Å².